The van der Waals surface area contributed by atoms with Gasteiger partial charge in [-0.25, -0.2) is 0 Å². The van der Waals surface area contributed by atoms with E-state index in [4.69, 9.17) is 16.0 Å². The molecule has 8 heteroatoms. The summed E-state index contributed by atoms with van der Waals surface area (Å²) < 4.78 is 12.9. The van der Waals surface area contributed by atoms with Crippen molar-refractivity contribution in [1.29, 1.82) is 0 Å². The molecule has 0 fully saturated rings. The second-order valence-electron chi connectivity index (χ2n) is 14.4. The van der Waals surface area contributed by atoms with E-state index < -0.39 is 32.7 Å². The number of nitrogens with one attached hydrogen (secondary N) is 2. The molecule has 0 spiro atoms. The second kappa shape index (κ2) is 22.3. The molecule has 0 saturated heterocycles. The molecule has 0 heterocycles. The minimum absolute atomic E-state index is 0.0348. The van der Waals surface area contributed by atoms with Crippen molar-refractivity contribution < 1.29 is 14.0 Å². The summed E-state index contributed by atoms with van der Waals surface area (Å²) in [5.41, 5.74) is 1.00. The van der Waals surface area contributed by atoms with Gasteiger partial charge in [-0.2, -0.15) is 0 Å². The van der Waals surface area contributed by atoms with Crippen LogP contribution < -0.4 is 10.6 Å². The van der Waals surface area contributed by atoms with Gasteiger partial charge in [0, 0.05) is 5.03 Å². The molecular weight excluding hydrogens is 715 g/mol. The zero-order chi connectivity index (χ0) is 34.6. The summed E-state index contributed by atoms with van der Waals surface area (Å²) in [7, 11) is -1.99. The van der Waals surface area contributed by atoms with E-state index in [1.807, 2.05) is 49.4 Å². The van der Waals surface area contributed by atoms with E-state index in [-0.39, 0.29) is 23.0 Å². The van der Waals surface area contributed by atoms with Crippen LogP contribution in [0, 0.1) is 0 Å². The average molecular weight is 780 g/mol. The summed E-state index contributed by atoms with van der Waals surface area (Å²) >= 11 is 3.52. The van der Waals surface area contributed by atoms with Crippen LogP contribution >= 0.6 is 11.6 Å². The molecule has 260 valence electrons. The van der Waals surface area contributed by atoms with Crippen molar-refractivity contribution in [2.75, 3.05) is 0 Å². The Labute approximate surface area is 292 Å². The predicted molar refractivity (Wildman–Crippen MR) is 204 cm³/mol. The van der Waals surface area contributed by atoms with Crippen LogP contribution in [0.5, 0.6) is 0 Å². The van der Waals surface area contributed by atoms with Gasteiger partial charge in [0.15, 0.2) is 8.32 Å². The number of unbranched alkanes of at least 4 members (excludes halogenated alkanes) is 3. The quantitative estimate of drug-likeness (QED) is 0.0910. The number of benzene rings is 1. The van der Waals surface area contributed by atoms with E-state index in [0.29, 0.717) is 19.3 Å². The Morgan fingerprint density at radius 1 is 0.957 bits per heavy atom. The maximum atomic E-state index is 13.5. The Bertz CT molecular complexity index is 1090. The molecule has 1 rings (SSSR count). The second-order valence-corrected chi connectivity index (χ2v) is 32.8. The topological polar surface area (TPSA) is 67.4 Å². The molecule has 0 unspecified atom stereocenters. The Kier molecular flexibility index (Phi) is 20.7. The van der Waals surface area contributed by atoms with Gasteiger partial charge in [-0.3, -0.25) is 0 Å². The van der Waals surface area contributed by atoms with Gasteiger partial charge in [-0.05, 0) is 25.1 Å². The molecule has 5 nitrogen and oxygen atoms in total. The van der Waals surface area contributed by atoms with Gasteiger partial charge in [-0.15, -0.1) is 0 Å². The molecular formula is C38H65ClN2O3SiSn. The number of hydrogen-bond acceptors (Lipinski definition) is 3. The van der Waals surface area contributed by atoms with Crippen LogP contribution in [-0.4, -0.2) is 50.7 Å². The van der Waals surface area contributed by atoms with Gasteiger partial charge in [0.05, 0.1) is 0 Å². The molecule has 2 N–H and O–H groups in total. The van der Waals surface area contributed by atoms with E-state index in [1.54, 1.807) is 12.3 Å². The summed E-state index contributed by atoms with van der Waals surface area (Å²) in [6.45, 7) is 19.8. The van der Waals surface area contributed by atoms with Crippen LogP contribution in [0.25, 0.3) is 0 Å². The molecule has 2 amide bonds. The first-order chi connectivity index (χ1) is 21.7. The molecule has 1 aromatic rings. The van der Waals surface area contributed by atoms with Crippen LogP contribution in [0.4, 0.5) is 0 Å². The Balaban J connectivity index is 3.11. The van der Waals surface area contributed by atoms with E-state index >= 15 is 0 Å². The van der Waals surface area contributed by atoms with E-state index in [1.165, 1.54) is 51.8 Å². The van der Waals surface area contributed by atoms with E-state index in [0.717, 1.165) is 10.6 Å². The Morgan fingerprint density at radius 3 is 2.02 bits per heavy atom. The van der Waals surface area contributed by atoms with Crippen LogP contribution in [0.15, 0.2) is 63.9 Å². The van der Waals surface area contributed by atoms with Crippen molar-refractivity contribution in [3.8, 4) is 0 Å². The molecule has 0 aliphatic rings. The van der Waals surface area contributed by atoms with Gasteiger partial charge in [0.1, 0.15) is 0 Å². The molecule has 0 aliphatic heterocycles. The Morgan fingerprint density at radius 2 is 1.52 bits per heavy atom. The number of carbonyl (C=O) groups excluding carboxylic acids is 2. The van der Waals surface area contributed by atoms with Gasteiger partial charge in [0.25, 0.3) is 0 Å². The third kappa shape index (κ3) is 17.2. The predicted octanol–water partition coefficient (Wildman–Crippen LogP) is 10.6. The molecule has 2 atom stereocenters. The number of allylic oxidation sites excluding steroid dienone is 1. The van der Waals surface area contributed by atoms with Crippen molar-refractivity contribution >= 4 is 50.1 Å². The number of halogens is 1. The van der Waals surface area contributed by atoms with Gasteiger partial charge < -0.3 is 0 Å². The summed E-state index contributed by atoms with van der Waals surface area (Å²) in [6.07, 6.45) is 16.5. The van der Waals surface area contributed by atoms with Crippen LogP contribution in [0.2, 0.25) is 31.4 Å². The normalized spacial score (nSPS) is 14.5. The fourth-order valence-corrected chi connectivity index (χ4v) is 20.8. The average Bonchev–Trinajstić information content (AvgIpc) is 3.00. The number of amides is 2. The summed E-state index contributed by atoms with van der Waals surface area (Å²) in [4.78, 5) is 26.9. The fraction of sp³-hybridized carbons (Fsp3) is 0.632. The molecule has 0 aromatic heterocycles. The van der Waals surface area contributed by atoms with Crippen molar-refractivity contribution in [3.05, 3.63) is 69.4 Å². The van der Waals surface area contributed by atoms with Crippen molar-refractivity contribution in [2.24, 2.45) is 0 Å². The molecule has 0 bridgehead atoms. The maximum absolute atomic E-state index is 13.5. The van der Waals surface area contributed by atoms with Crippen LogP contribution in [0.1, 0.15) is 105 Å². The van der Waals surface area contributed by atoms with Crippen LogP contribution in [0.3, 0.4) is 0 Å². The summed E-state index contributed by atoms with van der Waals surface area (Å²) in [5, 5.41) is 6.84. The van der Waals surface area contributed by atoms with Gasteiger partial charge in [-0.1, -0.05) is 38.4 Å². The monoisotopic (exact) mass is 780 g/mol. The van der Waals surface area contributed by atoms with Crippen molar-refractivity contribution in [2.45, 2.75) is 150 Å². The zero-order valence-corrected chi connectivity index (χ0v) is 35.1. The first-order valence-electron chi connectivity index (χ1n) is 17.7. The third-order valence-corrected chi connectivity index (χ3v) is 28.0. The molecule has 0 radical (unpaired) electrons. The summed E-state index contributed by atoms with van der Waals surface area (Å²) in [5.74, 6) is -0.394. The van der Waals surface area contributed by atoms with Crippen molar-refractivity contribution in [1.82, 2.24) is 10.6 Å². The first-order valence-corrected chi connectivity index (χ1v) is 28.7. The third-order valence-electron chi connectivity index (χ3n) is 9.26. The number of carbonyl (C=O) groups is 2. The first kappa shape index (κ1) is 42.7. The van der Waals surface area contributed by atoms with Gasteiger partial charge in [0.2, 0.25) is 0 Å². The van der Waals surface area contributed by atoms with Gasteiger partial charge >= 0.3 is 217 Å². The fourth-order valence-electron chi connectivity index (χ4n) is 5.28. The minimum atomic E-state index is -2.63. The van der Waals surface area contributed by atoms with Crippen molar-refractivity contribution in [3.63, 3.8) is 0 Å². The summed E-state index contributed by atoms with van der Waals surface area (Å²) in [6, 6.07) is 9.19. The Hall–Kier alpha value is -1.35. The number of rotatable bonds is 22. The molecule has 0 aliphatic carbocycles. The molecule has 0 saturated carbocycles. The van der Waals surface area contributed by atoms with E-state index in [2.05, 4.69) is 69.4 Å². The SMILES string of the molecule is CCC[CH2][Sn](/[CH]=C\C(=O)N[C@@H](Cc1ccccc1)C(=O)N/C=C\C[C@H](C/C=C(\C)Cl)O[Si](C)(C)C(C)(C)C)([CH2]CCC)[CH2]CCC. The number of hydrogen-bond donors (Lipinski definition) is 2. The molecule has 1 aromatic carbocycles. The zero-order valence-electron chi connectivity index (χ0n) is 30.5. The van der Waals surface area contributed by atoms with E-state index in [9.17, 15) is 9.59 Å². The standard InChI is InChI=1S/C26H38ClN2O3Si.3C4H9.Sn/c1-8-24(30)29-23(19-21-13-10-9-11-14-21)25(31)28-18-12-15-22(17-16-20(2)27)32-33(6,7)26(3,4)5;3*1-3-4-2;/h1,8-14,16,18,22-23H,15,17,19H2,2-7H3,(H,28,31)(H,29,30);3*1,3-4H2,2H3;/b8-1?,18-12-,20-16+;;;;/t22-,23+;;;;/m1..../s1. The molecule has 46 heavy (non-hydrogen) atoms. The van der Waals surface area contributed by atoms with Crippen LogP contribution in [-0.2, 0) is 20.4 Å².